The van der Waals surface area contributed by atoms with Crippen LogP contribution >= 0.6 is 0 Å². The summed E-state index contributed by atoms with van der Waals surface area (Å²) in [6.45, 7) is 7.52. The number of rotatable bonds is 6. The highest BCUT2D eigenvalue weighted by Crippen LogP contribution is 2.06. The first-order valence-electron chi connectivity index (χ1n) is 8.40. The molecular formula is C17H27N5O2. The number of carbonyl (C=O) groups excluding carboxylic acids is 2. The first-order chi connectivity index (χ1) is 11.5. The van der Waals surface area contributed by atoms with E-state index in [9.17, 15) is 9.59 Å². The number of nitrogens with zero attached hydrogens (tertiary/aromatic N) is 3. The minimum atomic E-state index is -0.576. The number of piperazine rings is 1. The maximum atomic E-state index is 12.2. The molecule has 7 heteroatoms. The number of nitrogens with one attached hydrogen (secondary N) is 1. The molecule has 24 heavy (non-hydrogen) atoms. The zero-order valence-electron chi connectivity index (χ0n) is 14.4. The van der Waals surface area contributed by atoms with Gasteiger partial charge < -0.3 is 16.0 Å². The second-order valence-electron chi connectivity index (χ2n) is 6.47. The summed E-state index contributed by atoms with van der Waals surface area (Å²) in [6, 6.07) is 5.31. The Bertz CT molecular complexity index is 541. The summed E-state index contributed by atoms with van der Waals surface area (Å²) in [5.74, 6) is -0.279. The molecule has 7 nitrogen and oxygen atoms in total. The van der Waals surface area contributed by atoms with Gasteiger partial charge in [-0.25, -0.2) is 0 Å². The van der Waals surface area contributed by atoms with Crippen LogP contribution < -0.4 is 11.1 Å². The highest BCUT2D eigenvalue weighted by Gasteiger charge is 2.23. The van der Waals surface area contributed by atoms with Crippen LogP contribution in [0.25, 0.3) is 0 Å². The molecule has 1 saturated heterocycles. The van der Waals surface area contributed by atoms with Crippen LogP contribution in [0.15, 0.2) is 24.4 Å². The van der Waals surface area contributed by atoms with Crippen molar-refractivity contribution in [3.8, 4) is 0 Å². The standard InChI is InChI=1S/C17H27N5O2/c1-13(2)16(18)17(24)20-11-15(23)22-9-7-21(8-10-22)12-14-5-3-4-6-19-14/h3-6,13,16H,7-12,18H2,1-2H3,(H,20,24)/t16-/m0/s1. The van der Waals surface area contributed by atoms with Gasteiger partial charge in [0.15, 0.2) is 0 Å². The van der Waals surface area contributed by atoms with Crippen LogP contribution in [0, 0.1) is 5.92 Å². The molecule has 1 fully saturated rings. The number of nitrogens with two attached hydrogens (primary N) is 1. The van der Waals surface area contributed by atoms with Gasteiger partial charge in [0.2, 0.25) is 11.8 Å². The lowest BCUT2D eigenvalue weighted by atomic mass is 10.1. The summed E-state index contributed by atoms with van der Waals surface area (Å²) < 4.78 is 0. The van der Waals surface area contributed by atoms with Gasteiger partial charge in [0, 0.05) is 38.9 Å². The normalized spacial score (nSPS) is 16.9. The van der Waals surface area contributed by atoms with Gasteiger partial charge >= 0.3 is 0 Å². The molecular weight excluding hydrogens is 306 g/mol. The SMILES string of the molecule is CC(C)[C@H](N)C(=O)NCC(=O)N1CCN(Cc2ccccn2)CC1. The quantitative estimate of drug-likeness (QED) is 0.754. The van der Waals surface area contributed by atoms with Crippen LogP contribution in [0.5, 0.6) is 0 Å². The number of hydrogen-bond acceptors (Lipinski definition) is 5. The number of carbonyl (C=O) groups is 2. The van der Waals surface area contributed by atoms with Gasteiger partial charge in [0.05, 0.1) is 18.3 Å². The summed E-state index contributed by atoms with van der Waals surface area (Å²) in [5, 5.41) is 2.63. The Hall–Kier alpha value is -1.99. The Labute approximate surface area is 143 Å². The van der Waals surface area contributed by atoms with Crippen LogP contribution in [-0.2, 0) is 16.1 Å². The average Bonchev–Trinajstić information content (AvgIpc) is 2.60. The molecule has 0 saturated carbocycles. The minimum Gasteiger partial charge on any atom is -0.346 e. The van der Waals surface area contributed by atoms with Crippen molar-refractivity contribution in [2.75, 3.05) is 32.7 Å². The minimum absolute atomic E-state index is 0.0134. The smallest absolute Gasteiger partial charge is 0.242 e. The van der Waals surface area contributed by atoms with Gasteiger partial charge in [-0.1, -0.05) is 19.9 Å². The molecule has 1 aromatic heterocycles. The highest BCUT2D eigenvalue weighted by molar-refractivity contribution is 5.87. The maximum absolute atomic E-state index is 12.2. The topological polar surface area (TPSA) is 91.6 Å². The van der Waals surface area contributed by atoms with Crippen molar-refractivity contribution >= 4 is 11.8 Å². The van der Waals surface area contributed by atoms with Gasteiger partial charge in [-0.05, 0) is 18.1 Å². The summed E-state index contributed by atoms with van der Waals surface area (Å²) in [7, 11) is 0. The molecule has 0 unspecified atom stereocenters. The van der Waals surface area contributed by atoms with Crippen LogP contribution in [-0.4, -0.2) is 65.4 Å². The summed E-state index contributed by atoms with van der Waals surface area (Å²) in [6.07, 6.45) is 1.79. The Morgan fingerprint density at radius 3 is 2.54 bits per heavy atom. The Morgan fingerprint density at radius 2 is 1.96 bits per heavy atom. The predicted molar refractivity (Wildman–Crippen MR) is 91.9 cm³/mol. The largest absolute Gasteiger partial charge is 0.346 e. The molecule has 2 amide bonds. The third-order valence-corrected chi connectivity index (χ3v) is 4.27. The summed E-state index contributed by atoms with van der Waals surface area (Å²) >= 11 is 0. The molecule has 0 bridgehead atoms. The third kappa shape index (κ3) is 5.28. The Morgan fingerprint density at radius 1 is 1.25 bits per heavy atom. The number of hydrogen-bond donors (Lipinski definition) is 2. The van der Waals surface area contributed by atoms with E-state index in [1.807, 2.05) is 32.0 Å². The molecule has 0 spiro atoms. The van der Waals surface area contributed by atoms with Crippen LogP contribution in [0.4, 0.5) is 0 Å². The molecule has 0 aromatic carbocycles. The van der Waals surface area contributed by atoms with E-state index in [4.69, 9.17) is 5.73 Å². The van der Waals surface area contributed by atoms with Crippen LogP contribution in [0.1, 0.15) is 19.5 Å². The second kappa shape index (κ2) is 8.75. The first-order valence-corrected chi connectivity index (χ1v) is 8.40. The van der Waals surface area contributed by atoms with Crippen LogP contribution in [0.2, 0.25) is 0 Å². The number of pyridine rings is 1. The fourth-order valence-corrected chi connectivity index (χ4v) is 2.57. The van der Waals surface area contributed by atoms with Crippen LogP contribution in [0.3, 0.4) is 0 Å². The van der Waals surface area contributed by atoms with Crippen molar-refractivity contribution in [3.63, 3.8) is 0 Å². The lowest BCUT2D eigenvalue weighted by Gasteiger charge is -2.34. The number of amides is 2. The molecule has 0 aliphatic carbocycles. The summed E-state index contributed by atoms with van der Waals surface area (Å²) in [4.78, 5) is 32.4. The van der Waals surface area contributed by atoms with Gasteiger partial charge in [-0.3, -0.25) is 19.5 Å². The Balaban J connectivity index is 1.71. The van der Waals surface area contributed by atoms with Gasteiger partial charge in [-0.2, -0.15) is 0 Å². The van der Waals surface area contributed by atoms with Gasteiger partial charge in [-0.15, -0.1) is 0 Å². The zero-order valence-corrected chi connectivity index (χ0v) is 14.4. The summed E-state index contributed by atoms with van der Waals surface area (Å²) in [5.41, 5.74) is 6.80. The van der Waals surface area contributed by atoms with E-state index in [0.717, 1.165) is 25.3 Å². The highest BCUT2D eigenvalue weighted by atomic mass is 16.2. The third-order valence-electron chi connectivity index (χ3n) is 4.27. The van der Waals surface area contributed by atoms with E-state index in [2.05, 4.69) is 15.2 Å². The van der Waals surface area contributed by atoms with E-state index in [0.29, 0.717) is 13.1 Å². The Kier molecular flexibility index (Phi) is 6.69. The number of aromatic nitrogens is 1. The van der Waals surface area contributed by atoms with E-state index >= 15 is 0 Å². The van der Waals surface area contributed by atoms with Crippen molar-refractivity contribution in [1.82, 2.24) is 20.1 Å². The van der Waals surface area contributed by atoms with Crippen molar-refractivity contribution in [1.29, 1.82) is 0 Å². The van der Waals surface area contributed by atoms with E-state index in [1.54, 1.807) is 11.1 Å². The molecule has 132 valence electrons. The monoisotopic (exact) mass is 333 g/mol. The van der Waals surface area contributed by atoms with Crippen molar-refractivity contribution in [2.45, 2.75) is 26.4 Å². The average molecular weight is 333 g/mol. The van der Waals surface area contributed by atoms with E-state index < -0.39 is 6.04 Å². The second-order valence-corrected chi connectivity index (χ2v) is 6.47. The molecule has 2 heterocycles. The first kappa shape index (κ1) is 18.4. The van der Waals surface area contributed by atoms with E-state index in [1.165, 1.54) is 0 Å². The lowest BCUT2D eigenvalue weighted by molar-refractivity contribution is -0.134. The lowest BCUT2D eigenvalue weighted by Crippen LogP contribution is -2.52. The zero-order chi connectivity index (χ0) is 17.5. The van der Waals surface area contributed by atoms with Crippen molar-refractivity contribution in [3.05, 3.63) is 30.1 Å². The molecule has 3 N–H and O–H groups in total. The van der Waals surface area contributed by atoms with Gasteiger partial charge in [0.25, 0.3) is 0 Å². The molecule has 1 aromatic rings. The maximum Gasteiger partial charge on any atom is 0.242 e. The molecule has 0 radical (unpaired) electrons. The van der Waals surface area contributed by atoms with Crippen molar-refractivity contribution in [2.24, 2.45) is 11.7 Å². The molecule has 1 aliphatic heterocycles. The fourth-order valence-electron chi connectivity index (χ4n) is 2.57. The predicted octanol–water partition coefficient (Wildman–Crippen LogP) is -0.175. The molecule has 1 aliphatic rings. The van der Waals surface area contributed by atoms with E-state index in [-0.39, 0.29) is 24.3 Å². The van der Waals surface area contributed by atoms with Crippen molar-refractivity contribution < 1.29 is 9.59 Å². The molecule has 2 rings (SSSR count). The fraction of sp³-hybridized carbons (Fsp3) is 0.588. The molecule has 1 atom stereocenters. The van der Waals surface area contributed by atoms with Gasteiger partial charge in [0.1, 0.15) is 0 Å².